The second-order valence-corrected chi connectivity index (χ2v) is 7.83. The smallest absolute Gasteiger partial charge is 0.408 e. The van der Waals surface area contributed by atoms with Crippen LogP contribution in [0.5, 0.6) is 0 Å². The van der Waals surface area contributed by atoms with E-state index >= 15 is 0 Å². The second-order valence-electron chi connectivity index (χ2n) is 7.83. The molecular weight excluding hydrogens is 358 g/mol. The van der Waals surface area contributed by atoms with E-state index in [0.29, 0.717) is 12.2 Å². The quantitative estimate of drug-likeness (QED) is 0.653. The van der Waals surface area contributed by atoms with Gasteiger partial charge >= 0.3 is 6.09 Å². The molecule has 7 nitrogen and oxygen atoms in total. The first-order valence-corrected chi connectivity index (χ1v) is 9.54. The zero-order chi connectivity index (χ0) is 20.6. The molecule has 0 saturated heterocycles. The normalized spacial score (nSPS) is 13.6. The fourth-order valence-electron chi connectivity index (χ4n) is 2.83. The van der Waals surface area contributed by atoms with Gasteiger partial charge in [-0.2, -0.15) is 0 Å². The van der Waals surface area contributed by atoms with Gasteiger partial charge in [0.2, 0.25) is 11.8 Å². The minimum absolute atomic E-state index is 0.0899. The van der Waals surface area contributed by atoms with Gasteiger partial charge in [0.05, 0.1) is 0 Å². The number of carbonyl (C=O) groups is 3. The first-order valence-electron chi connectivity index (χ1n) is 9.54. The van der Waals surface area contributed by atoms with E-state index in [4.69, 9.17) is 4.74 Å². The molecular formula is C21H29N3O4. The summed E-state index contributed by atoms with van der Waals surface area (Å²) < 4.78 is 5.08. The summed E-state index contributed by atoms with van der Waals surface area (Å²) in [6, 6.07) is 7.21. The molecule has 3 N–H and O–H groups in total. The van der Waals surface area contributed by atoms with Crippen LogP contribution in [-0.4, -0.2) is 30.1 Å². The standard InChI is InChI=1S/C21H29N3O4/c1-21(2,3)28-20(27)23-14-19(26)24-17-10-6-9-16(11-17)13-22-18(25)12-15-7-4-5-8-15/h6,9-12H,4-5,7-8,13-14H2,1-3H3,(H,22,25)(H,23,27)(H,24,26). The van der Waals surface area contributed by atoms with E-state index in [-0.39, 0.29) is 18.4 Å². The highest BCUT2D eigenvalue weighted by Gasteiger charge is 2.16. The lowest BCUT2D eigenvalue weighted by Crippen LogP contribution is -2.37. The van der Waals surface area contributed by atoms with Gasteiger partial charge in [0.1, 0.15) is 12.1 Å². The van der Waals surface area contributed by atoms with Crippen LogP contribution in [0.2, 0.25) is 0 Å². The number of hydrogen-bond acceptors (Lipinski definition) is 4. The average molecular weight is 387 g/mol. The van der Waals surface area contributed by atoms with Crippen molar-refractivity contribution in [3.05, 3.63) is 41.5 Å². The van der Waals surface area contributed by atoms with Crippen LogP contribution >= 0.6 is 0 Å². The Morgan fingerprint density at radius 3 is 2.50 bits per heavy atom. The van der Waals surface area contributed by atoms with E-state index in [1.807, 2.05) is 6.07 Å². The van der Waals surface area contributed by atoms with Crippen molar-refractivity contribution in [2.24, 2.45) is 0 Å². The maximum atomic E-state index is 12.0. The van der Waals surface area contributed by atoms with Crippen molar-refractivity contribution < 1.29 is 19.1 Å². The molecule has 1 aromatic rings. The largest absolute Gasteiger partial charge is 0.444 e. The summed E-state index contributed by atoms with van der Waals surface area (Å²) in [7, 11) is 0. The second kappa shape index (κ2) is 9.92. The summed E-state index contributed by atoms with van der Waals surface area (Å²) in [6.07, 6.45) is 5.38. The molecule has 3 amide bonds. The third kappa shape index (κ3) is 8.24. The minimum atomic E-state index is -0.643. The number of carbonyl (C=O) groups excluding carboxylic acids is 3. The molecule has 28 heavy (non-hydrogen) atoms. The molecule has 0 atom stereocenters. The maximum Gasteiger partial charge on any atom is 0.408 e. The fourth-order valence-corrected chi connectivity index (χ4v) is 2.83. The number of ether oxygens (including phenoxy) is 1. The summed E-state index contributed by atoms with van der Waals surface area (Å²) in [4.78, 5) is 35.6. The Balaban J connectivity index is 1.78. The molecule has 1 fully saturated rings. The summed E-state index contributed by atoms with van der Waals surface area (Å²) in [5.74, 6) is -0.453. The van der Waals surface area contributed by atoms with Gasteiger partial charge in [-0.15, -0.1) is 0 Å². The van der Waals surface area contributed by atoms with Crippen LogP contribution < -0.4 is 16.0 Å². The molecule has 0 bridgehead atoms. The van der Waals surface area contributed by atoms with Crippen molar-refractivity contribution in [2.75, 3.05) is 11.9 Å². The first-order chi connectivity index (χ1) is 13.2. The maximum absolute atomic E-state index is 12.0. The van der Waals surface area contributed by atoms with Crippen molar-refractivity contribution >= 4 is 23.6 Å². The molecule has 1 saturated carbocycles. The van der Waals surface area contributed by atoms with Crippen LogP contribution in [0.3, 0.4) is 0 Å². The van der Waals surface area contributed by atoms with Crippen molar-refractivity contribution in [1.82, 2.24) is 10.6 Å². The third-order valence-electron chi connectivity index (χ3n) is 4.05. The van der Waals surface area contributed by atoms with Crippen molar-refractivity contribution in [3.8, 4) is 0 Å². The van der Waals surface area contributed by atoms with E-state index < -0.39 is 11.7 Å². The molecule has 0 spiro atoms. The third-order valence-corrected chi connectivity index (χ3v) is 4.05. The topological polar surface area (TPSA) is 96.5 Å². The number of benzene rings is 1. The van der Waals surface area contributed by atoms with E-state index in [0.717, 1.165) is 31.2 Å². The Bertz CT molecular complexity index is 742. The lowest BCUT2D eigenvalue weighted by Gasteiger charge is -2.19. The predicted molar refractivity (Wildman–Crippen MR) is 108 cm³/mol. The van der Waals surface area contributed by atoms with E-state index in [9.17, 15) is 14.4 Å². The number of nitrogens with one attached hydrogen (secondary N) is 3. The summed E-state index contributed by atoms with van der Waals surface area (Å²) in [5, 5.41) is 7.99. The van der Waals surface area contributed by atoms with Gasteiger partial charge in [0.25, 0.3) is 0 Å². The molecule has 1 aromatic carbocycles. The molecule has 0 unspecified atom stereocenters. The summed E-state index contributed by atoms with van der Waals surface area (Å²) >= 11 is 0. The Morgan fingerprint density at radius 1 is 1.11 bits per heavy atom. The van der Waals surface area contributed by atoms with Crippen LogP contribution in [0.15, 0.2) is 35.9 Å². The van der Waals surface area contributed by atoms with Crippen LogP contribution in [0.25, 0.3) is 0 Å². The SMILES string of the molecule is CC(C)(C)OC(=O)NCC(=O)Nc1cccc(CNC(=O)C=C2CCCC2)c1. The Morgan fingerprint density at radius 2 is 1.82 bits per heavy atom. The van der Waals surface area contributed by atoms with Crippen LogP contribution in [0, 0.1) is 0 Å². The number of rotatable bonds is 6. The molecule has 0 heterocycles. The number of amides is 3. The number of anilines is 1. The summed E-state index contributed by atoms with van der Waals surface area (Å²) in [6.45, 7) is 5.44. The Hall–Kier alpha value is -2.83. The van der Waals surface area contributed by atoms with Crippen LogP contribution in [0.1, 0.15) is 52.0 Å². The van der Waals surface area contributed by atoms with E-state index in [1.165, 1.54) is 5.57 Å². The fraction of sp³-hybridized carbons (Fsp3) is 0.476. The molecule has 152 valence electrons. The molecule has 2 rings (SSSR count). The minimum Gasteiger partial charge on any atom is -0.444 e. The lowest BCUT2D eigenvalue weighted by molar-refractivity contribution is -0.117. The van der Waals surface area contributed by atoms with Crippen LogP contribution in [0.4, 0.5) is 10.5 Å². The zero-order valence-electron chi connectivity index (χ0n) is 16.8. The molecule has 1 aliphatic rings. The van der Waals surface area contributed by atoms with Gasteiger partial charge in [-0.25, -0.2) is 4.79 Å². The van der Waals surface area contributed by atoms with Gasteiger partial charge in [0, 0.05) is 18.3 Å². The number of allylic oxidation sites excluding steroid dienone is 1. The van der Waals surface area contributed by atoms with Gasteiger partial charge in [-0.3, -0.25) is 9.59 Å². The van der Waals surface area contributed by atoms with E-state index in [2.05, 4.69) is 16.0 Å². The first kappa shape index (κ1) is 21.5. The van der Waals surface area contributed by atoms with Gasteiger partial charge < -0.3 is 20.7 Å². The number of alkyl carbamates (subject to hydrolysis) is 1. The van der Waals surface area contributed by atoms with Crippen LogP contribution in [-0.2, 0) is 20.9 Å². The van der Waals surface area contributed by atoms with Gasteiger partial charge in [-0.1, -0.05) is 17.7 Å². The number of hydrogen-bond donors (Lipinski definition) is 3. The predicted octanol–water partition coefficient (Wildman–Crippen LogP) is 3.27. The molecule has 0 aromatic heterocycles. The van der Waals surface area contributed by atoms with E-state index in [1.54, 1.807) is 45.0 Å². The average Bonchev–Trinajstić information content (AvgIpc) is 3.10. The lowest BCUT2D eigenvalue weighted by atomic mass is 10.2. The van der Waals surface area contributed by atoms with Crippen molar-refractivity contribution in [1.29, 1.82) is 0 Å². The van der Waals surface area contributed by atoms with Crippen molar-refractivity contribution in [2.45, 2.75) is 58.6 Å². The highest BCUT2D eigenvalue weighted by molar-refractivity contribution is 5.94. The molecule has 7 heteroatoms. The highest BCUT2D eigenvalue weighted by atomic mass is 16.6. The molecule has 1 aliphatic carbocycles. The Kier molecular flexibility index (Phi) is 7.61. The zero-order valence-corrected chi connectivity index (χ0v) is 16.8. The van der Waals surface area contributed by atoms with Gasteiger partial charge in [-0.05, 0) is 64.2 Å². The monoisotopic (exact) mass is 387 g/mol. The Labute approximate surface area is 165 Å². The highest BCUT2D eigenvalue weighted by Crippen LogP contribution is 2.23. The van der Waals surface area contributed by atoms with Crippen molar-refractivity contribution in [3.63, 3.8) is 0 Å². The van der Waals surface area contributed by atoms with Gasteiger partial charge in [0.15, 0.2) is 0 Å². The molecule has 0 aliphatic heterocycles. The molecule has 0 radical (unpaired) electrons. The summed E-state index contributed by atoms with van der Waals surface area (Å²) in [5.41, 5.74) is 2.05.